The van der Waals surface area contributed by atoms with E-state index in [0.29, 0.717) is 17.2 Å². The van der Waals surface area contributed by atoms with Crippen LogP contribution < -0.4 is 5.32 Å². The summed E-state index contributed by atoms with van der Waals surface area (Å²) < 4.78 is 0. The van der Waals surface area contributed by atoms with Crippen molar-refractivity contribution in [3.63, 3.8) is 0 Å². The molecule has 2 unspecified atom stereocenters. The molecule has 6 heteroatoms. The number of nitrogens with zero attached hydrogens (tertiary/aromatic N) is 2. The molecular weight excluding hydrogens is 310 g/mol. The van der Waals surface area contributed by atoms with E-state index < -0.39 is 6.04 Å². The van der Waals surface area contributed by atoms with Crippen molar-refractivity contribution >= 4 is 23.6 Å². The van der Waals surface area contributed by atoms with Crippen LogP contribution in [0.2, 0.25) is 0 Å². The van der Waals surface area contributed by atoms with Gasteiger partial charge in [0, 0.05) is 23.7 Å². The first-order valence-corrected chi connectivity index (χ1v) is 8.95. The van der Waals surface area contributed by atoms with Crippen molar-refractivity contribution in [3.05, 3.63) is 41.7 Å². The van der Waals surface area contributed by atoms with Crippen LogP contribution in [0.25, 0.3) is 0 Å². The monoisotopic (exact) mass is 333 g/mol. The van der Waals surface area contributed by atoms with Gasteiger partial charge in [0.1, 0.15) is 6.04 Å². The summed E-state index contributed by atoms with van der Waals surface area (Å²) in [5, 5.41) is 2.99. The zero-order valence-electron chi connectivity index (χ0n) is 13.8. The van der Waals surface area contributed by atoms with Gasteiger partial charge < -0.3 is 10.2 Å². The molecule has 1 N–H and O–H groups in total. The fourth-order valence-corrected chi connectivity index (χ4v) is 3.66. The van der Waals surface area contributed by atoms with Crippen LogP contribution in [0.3, 0.4) is 0 Å². The lowest BCUT2D eigenvalue weighted by molar-refractivity contribution is -0.135. The van der Waals surface area contributed by atoms with E-state index in [0.717, 1.165) is 12.0 Å². The second-order valence-electron chi connectivity index (χ2n) is 5.60. The van der Waals surface area contributed by atoms with Crippen molar-refractivity contribution in [2.45, 2.75) is 39.3 Å². The van der Waals surface area contributed by atoms with Gasteiger partial charge in [0.2, 0.25) is 5.91 Å². The van der Waals surface area contributed by atoms with Gasteiger partial charge in [0.25, 0.3) is 5.91 Å². The largest absolute Gasteiger partial charge is 0.348 e. The smallest absolute Gasteiger partial charge is 0.250 e. The van der Waals surface area contributed by atoms with Crippen LogP contribution in [0.4, 0.5) is 0 Å². The second kappa shape index (κ2) is 8.15. The third-order valence-corrected chi connectivity index (χ3v) is 4.85. The highest BCUT2D eigenvalue weighted by Crippen LogP contribution is 2.24. The summed E-state index contributed by atoms with van der Waals surface area (Å²) in [4.78, 5) is 30.8. The molecule has 0 aromatic carbocycles. The molecule has 1 fully saturated rings. The predicted molar refractivity (Wildman–Crippen MR) is 92.8 cm³/mol. The van der Waals surface area contributed by atoms with Crippen LogP contribution >= 0.6 is 11.8 Å². The Kier molecular flexibility index (Phi) is 6.21. The highest BCUT2D eigenvalue weighted by molar-refractivity contribution is 7.99. The number of carbonyl (C=O) groups excluding carboxylic acids is 2. The minimum Gasteiger partial charge on any atom is -0.348 e. The maximum Gasteiger partial charge on any atom is 0.250 e. The standard InChI is InChI=1S/C17H23N3O2S/c1-4-6-12(2)17(22)20-11-23-10-15(20)16(21)19-13(3)14-7-5-8-18-9-14/h5-9,13,15H,4,10-11H2,1-3H3,(H,19,21)/b12-6+. The number of allylic oxidation sites excluding steroid dienone is 1. The molecule has 124 valence electrons. The van der Waals surface area contributed by atoms with Crippen molar-refractivity contribution in [2.24, 2.45) is 0 Å². The number of hydrogen-bond donors (Lipinski definition) is 1. The number of nitrogens with one attached hydrogen (secondary N) is 1. The van der Waals surface area contributed by atoms with Crippen molar-refractivity contribution in [1.29, 1.82) is 0 Å². The highest BCUT2D eigenvalue weighted by Gasteiger charge is 2.35. The molecule has 23 heavy (non-hydrogen) atoms. The fraction of sp³-hybridized carbons (Fsp3) is 0.471. The van der Waals surface area contributed by atoms with Crippen LogP contribution in [0, 0.1) is 0 Å². The summed E-state index contributed by atoms with van der Waals surface area (Å²) >= 11 is 1.61. The predicted octanol–water partition coefficient (Wildman–Crippen LogP) is 2.52. The number of hydrogen-bond acceptors (Lipinski definition) is 4. The summed E-state index contributed by atoms with van der Waals surface area (Å²) in [6.07, 6.45) is 6.16. The van der Waals surface area contributed by atoms with Gasteiger partial charge in [-0.2, -0.15) is 0 Å². The number of pyridine rings is 1. The third-order valence-electron chi connectivity index (χ3n) is 3.84. The third kappa shape index (κ3) is 4.34. The van der Waals surface area contributed by atoms with E-state index in [9.17, 15) is 9.59 Å². The molecular formula is C17H23N3O2S. The lowest BCUT2D eigenvalue weighted by Crippen LogP contribution is -2.48. The van der Waals surface area contributed by atoms with E-state index in [1.165, 1.54) is 0 Å². The Morgan fingerprint density at radius 3 is 3.00 bits per heavy atom. The first-order chi connectivity index (χ1) is 11.0. The molecule has 2 amide bonds. The van der Waals surface area contributed by atoms with E-state index in [1.807, 2.05) is 39.0 Å². The summed E-state index contributed by atoms with van der Waals surface area (Å²) in [5.74, 6) is 1.04. The number of thioether (sulfide) groups is 1. The molecule has 2 rings (SSSR count). The Labute approximate surface area is 141 Å². The van der Waals surface area contributed by atoms with Gasteiger partial charge in [0.15, 0.2) is 0 Å². The molecule has 2 heterocycles. The molecule has 0 radical (unpaired) electrons. The molecule has 1 aromatic rings. The van der Waals surface area contributed by atoms with E-state index in [-0.39, 0.29) is 17.9 Å². The summed E-state index contributed by atoms with van der Waals surface area (Å²) in [6.45, 7) is 5.72. The SMILES string of the molecule is CC/C=C(\C)C(=O)N1CSCC1C(=O)NC(C)c1cccnc1. The zero-order chi connectivity index (χ0) is 16.8. The molecule has 0 bridgehead atoms. The number of carbonyl (C=O) groups is 2. The fourth-order valence-electron chi connectivity index (χ4n) is 2.51. The highest BCUT2D eigenvalue weighted by atomic mass is 32.2. The van der Waals surface area contributed by atoms with Crippen molar-refractivity contribution in [2.75, 3.05) is 11.6 Å². The molecule has 0 saturated carbocycles. The number of rotatable bonds is 5. The van der Waals surface area contributed by atoms with Crippen LogP contribution in [0.15, 0.2) is 36.2 Å². The Hall–Kier alpha value is -1.82. The van der Waals surface area contributed by atoms with E-state index in [2.05, 4.69) is 10.3 Å². The molecule has 5 nitrogen and oxygen atoms in total. The second-order valence-corrected chi connectivity index (χ2v) is 6.60. The van der Waals surface area contributed by atoms with Gasteiger partial charge in [0.05, 0.1) is 11.9 Å². The Bertz CT molecular complexity index is 589. The van der Waals surface area contributed by atoms with Crippen LogP contribution in [0.1, 0.15) is 38.8 Å². The molecule has 1 aliphatic heterocycles. The minimum atomic E-state index is -0.410. The molecule has 0 aliphatic carbocycles. The first-order valence-electron chi connectivity index (χ1n) is 7.80. The average Bonchev–Trinajstić information content (AvgIpc) is 3.04. The molecule has 1 aliphatic rings. The lowest BCUT2D eigenvalue weighted by Gasteiger charge is -2.25. The number of amides is 2. The van der Waals surface area contributed by atoms with Gasteiger partial charge in [-0.3, -0.25) is 14.6 Å². The maximum absolute atomic E-state index is 12.6. The number of aromatic nitrogens is 1. The summed E-state index contributed by atoms with van der Waals surface area (Å²) in [7, 11) is 0. The van der Waals surface area contributed by atoms with E-state index in [1.54, 1.807) is 29.1 Å². The van der Waals surface area contributed by atoms with E-state index >= 15 is 0 Å². The normalized spacial score (nSPS) is 19.5. The van der Waals surface area contributed by atoms with Crippen molar-refractivity contribution in [1.82, 2.24) is 15.2 Å². The Balaban J connectivity index is 2.03. The molecule has 1 saturated heterocycles. The summed E-state index contributed by atoms with van der Waals surface area (Å²) in [6, 6.07) is 3.23. The quantitative estimate of drug-likeness (QED) is 0.841. The minimum absolute atomic E-state index is 0.0500. The van der Waals surface area contributed by atoms with Crippen molar-refractivity contribution < 1.29 is 9.59 Å². The van der Waals surface area contributed by atoms with Crippen LogP contribution in [-0.4, -0.2) is 39.4 Å². The van der Waals surface area contributed by atoms with Crippen molar-refractivity contribution in [3.8, 4) is 0 Å². The van der Waals surface area contributed by atoms with Gasteiger partial charge in [-0.1, -0.05) is 19.1 Å². The van der Waals surface area contributed by atoms with Crippen LogP contribution in [-0.2, 0) is 9.59 Å². The van der Waals surface area contributed by atoms with Gasteiger partial charge in [-0.05, 0) is 31.9 Å². The molecule has 0 spiro atoms. The maximum atomic E-state index is 12.6. The van der Waals surface area contributed by atoms with Gasteiger partial charge in [-0.25, -0.2) is 0 Å². The molecule has 2 atom stereocenters. The Morgan fingerprint density at radius 2 is 2.35 bits per heavy atom. The summed E-state index contributed by atoms with van der Waals surface area (Å²) in [5.41, 5.74) is 1.65. The van der Waals surface area contributed by atoms with E-state index in [4.69, 9.17) is 0 Å². The lowest BCUT2D eigenvalue weighted by atomic mass is 10.1. The zero-order valence-corrected chi connectivity index (χ0v) is 14.6. The van der Waals surface area contributed by atoms with Gasteiger partial charge >= 0.3 is 0 Å². The van der Waals surface area contributed by atoms with Crippen LogP contribution in [0.5, 0.6) is 0 Å². The Morgan fingerprint density at radius 1 is 1.57 bits per heavy atom. The first kappa shape index (κ1) is 17.5. The molecule has 1 aromatic heterocycles. The van der Waals surface area contributed by atoms with Gasteiger partial charge in [-0.15, -0.1) is 11.8 Å². The topological polar surface area (TPSA) is 62.3 Å². The average molecular weight is 333 g/mol.